The van der Waals surface area contributed by atoms with Crippen LogP contribution >= 0.6 is 0 Å². The van der Waals surface area contributed by atoms with Crippen LogP contribution in [0.25, 0.3) is 0 Å². The van der Waals surface area contributed by atoms with E-state index in [0.29, 0.717) is 23.8 Å². The lowest BCUT2D eigenvalue weighted by atomic mass is 9.82. The molecule has 106 valence electrons. The average molecular weight is 267 g/mol. The number of rotatable bonds is 6. The maximum Gasteiger partial charge on any atom is 0.323 e. The normalized spacial score (nSPS) is 21.9. The van der Waals surface area contributed by atoms with Crippen LogP contribution in [0.3, 0.4) is 0 Å². The topological polar surface area (TPSA) is 92.2 Å². The number of anilines is 2. The van der Waals surface area contributed by atoms with Gasteiger partial charge in [-0.1, -0.05) is 0 Å². The van der Waals surface area contributed by atoms with E-state index >= 15 is 0 Å². The molecule has 0 spiro atoms. The number of nitrogens with one attached hydrogen (secondary N) is 2. The van der Waals surface area contributed by atoms with Gasteiger partial charge >= 0.3 is 6.01 Å². The maximum atomic E-state index is 9.24. The Morgan fingerprint density at radius 2 is 1.95 bits per heavy atom. The van der Waals surface area contributed by atoms with E-state index in [-0.39, 0.29) is 12.2 Å². The van der Waals surface area contributed by atoms with Gasteiger partial charge in [-0.2, -0.15) is 15.0 Å². The van der Waals surface area contributed by atoms with Crippen molar-refractivity contribution in [2.75, 3.05) is 24.2 Å². The van der Waals surface area contributed by atoms with Crippen LogP contribution in [0.2, 0.25) is 0 Å². The van der Waals surface area contributed by atoms with Crippen molar-refractivity contribution in [3.8, 4) is 6.01 Å². The SMILES string of the molecule is CNc1nc(NCC2CC(O)C2)nc(OC(C)C)n1. The summed E-state index contributed by atoms with van der Waals surface area (Å²) >= 11 is 0. The van der Waals surface area contributed by atoms with Gasteiger partial charge in [-0.25, -0.2) is 0 Å². The van der Waals surface area contributed by atoms with Crippen molar-refractivity contribution in [2.24, 2.45) is 5.92 Å². The molecule has 0 atom stereocenters. The molecule has 2 rings (SSSR count). The molecule has 1 heterocycles. The number of hydrogen-bond acceptors (Lipinski definition) is 7. The van der Waals surface area contributed by atoms with Gasteiger partial charge in [-0.3, -0.25) is 0 Å². The van der Waals surface area contributed by atoms with Gasteiger partial charge in [0, 0.05) is 13.6 Å². The summed E-state index contributed by atoms with van der Waals surface area (Å²) in [5.74, 6) is 1.46. The van der Waals surface area contributed by atoms with Crippen molar-refractivity contribution in [3.05, 3.63) is 0 Å². The zero-order valence-electron chi connectivity index (χ0n) is 11.6. The molecule has 19 heavy (non-hydrogen) atoms. The first-order chi connectivity index (χ1) is 9.06. The molecule has 0 bridgehead atoms. The van der Waals surface area contributed by atoms with E-state index in [4.69, 9.17) is 4.74 Å². The van der Waals surface area contributed by atoms with Gasteiger partial charge in [0.2, 0.25) is 11.9 Å². The molecule has 1 saturated carbocycles. The van der Waals surface area contributed by atoms with Crippen LogP contribution in [-0.2, 0) is 0 Å². The van der Waals surface area contributed by atoms with E-state index in [1.54, 1.807) is 7.05 Å². The average Bonchev–Trinajstić information content (AvgIpc) is 2.32. The minimum absolute atomic E-state index is 0.0155. The number of ether oxygens (including phenoxy) is 1. The van der Waals surface area contributed by atoms with Crippen LogP contribution in [0.15, 0.2) is 0 Å². The molecule has 1 fully saturated rings. The molecule has 7 heteroatoms. The van der Waals surface area contributed by atoms with Gasteiger partial charge in [0.1, 0.15) is 0 Å². The first-order valence-electron chi connectivity index (χ1n) is 6.59. The Labute approximate surface area is 112 Å². The number of aliphatic hydroxyl groups excluding tert-OH is 1. The Hall–Kier alpha value is -1.63. The van der Waals surface area contributed by atoms with Gasteiger partial charge in [0.15, 0.2) is 0 Å². The highest BCUT2D eigenvalue weighted by molar-refractivity contribution is 5.35. The van der Waals surface area contributed by atoms with E-state index in [9.17, 15) is 5.11 Å². The highest BCUT2D eigenvalue weighted by atomic mass is 16.5. The minimum Gasteiger partial charge on any atom is -0.461 e. The summed E-state index contributed by atoms with van der Waals surface area (Å²) in [5.41, 5.74) is 0. The van der Waals surface area contributed by atoms with Crippen LogP contribution in [-0.4, -0.2) is 45.9 Å². The van der Waals surface area contributed by atoms with Crippen molar-refractivity contribution in [2.45, 2.75) is 38.9 Å². The molecule has 1 aliphatic rings. The predicted molar refractivity (Wildman–Crippen MR) is 72.4 cm³/mol. The van der Waals surface area contributed by atoms with Crippen LogP contribution < -0.4 is 15.4 Å². The maximum absolute atomic E-state index is 9.24. The van der Waals surface area contributed by atoms with Gasteiger partial charge in [0.05, 0.1) is 12.2 Å². The highest BCUT2D eigenvalue weighted by Gasteiger charge is 2.26. The largest absolute Gasteiger partial charge is 0.461 e. The van der Waals surface area contributed by atoms with E-state index in [1.165, 1.54) is 0 Å². The third-order valence-electron chi connectivity index (χ3n) is 2.94. The Balaban J connectivity index is 1.97. The smallest absolute Gasteiger partial charge is 0.323 e. The Morgan fingerprint density at radius 1 is 1.26 bits per heavy atom. The second-order valence-electron chi connectivity index (χ2n) is 5.05. The molecule has 0 radical (unpaired) electrons. The molecule has 1 aromatic rings. The van der Waals surface area contributed by atoms with Crippen molar-refractivity contribution < 1.29 is 9.84 Å². The molecule has 3 N–H and O–H groups in total. The molecule has 0 aliphatic heterocycles. The fourth-order valence-electron chi connectivity index (χ4n) is 1.91. The summed E-state index contributed by atoms with van der Waals surface area (Å²) in [6.45, 7) is 4.60. The molecule has 7 nitrogen and oxygen atoms in total. The summed E-state index contributed by atoms with van der Waals surface area (Å²) < 4.78 is 5.48. The molecule has 1 aromatic heterocycles. The van der Waals surface area contributed by atoms with Crippen LogP contribution in [0.1, 0.15) is 26.7 Å². The lowest BCUT2D eigenvalue weighted by Crippen LogP contribution is -2.33. The van der Waals surface area contributed by atoms with Gasteiger partial charge in [-0.15, -0.1) is 0 Å². The van der Waals surface area contributed by atoms with Crippen LogP contribution in [0.5, 0.6) is 6.01 Å². The second-order valence-corrected chi connectivity index (χ2v) is 5.05. The van der Waals surface area contributed by atoms with E-state index in [0.717, 1.165) is 19.4 Å². The zero-order valence-corrected chi connectivity index (χ0v) is 11.6. The van der Waals surface area contributed by atoms with Crippen molar-refractivity contribution >= 4 is 11.9 Å². The number of hydrogen-bond donors (Lipinski definition) is 3. The second kappa shape index (κ2) is 6.01. The number of nitrogens with zero attached hydrogens (tertiary/aromatic N) is 3. The molecular weight excluding hydrogens is 246 g/mol. The Kier molecular flexibility index (Phi) is 4.36. The third-order valence-corrected chi connectivity index (χ3v) is 2.94. The Morgan fingerprint density at radius 3 is 2.53 bits per heavy atom. The van der Waals surface area contributed by atoms with Gasteiger partial charge in [0.25, 0.3) is 0 Å². The summed E-state index contributed by atoms with van der Waals surface area (Å²) in [4.78, 5) is 12.6. The highest BCUT2D eigenvalue weighted by Crippen LogP contribution is 2.27. The fourth-order valence-corrected chi connectivity index (χ4v) is 1.91. The van der Waals surface area contributed by atoms with E-state index < -0.39 is 0 Å². The van der Waals surface area contributed by atoms with E-state index in [1.807, 2.05) is 13.8 Å². The summed E-state index contributed by atoms with van der Waals surface area (Å²) in [6.07, 6.45) is 1.55. The van der Waals surface area contributed by atoms with Crippen LogP contribution in [0.4, 0.5) is 11.9 Å². The minimum atomic E-state index is -0.141. The molecular formula is C12H21N5O2. The standard InChI is InChI=1S/C12H21N5O2/c1-7(2)19-12-16-10(13-3)15-11(17-12)14-6-8-4-9(18)5-8/h7-9,18H,4-6H2,1-3H3,(H2,13,14,15,16,17). The molecule has 0 aromatic carbocycles. The quantitative estimate of drug-likeness (QED) is 0.704. The monoisotopic (exact) mass is 267 g/mol. The first-order valence-corrected chi connectivity index (χ1v) is 6.59. The van der Waals surface area contributed by atoms with Crippen molar-refractivity contribution in [1.29, 1.82) is 0 Å². The molecule has 0 amide bonds. The zero-order chi connectivity index (χ0) is 13.8. The summed E-state index contributed by atoms with van der Waals surface area (Å²) in [7, 11) is 1.75. The third kappa shape index (κ3) is 3.92. The Bertz CT molecular complexity index is 421. The first kappa shape index (κ1) is 13.8. The van der Waals surface area contributed by atoms with Crippen LogP contribution in [0, 0.1) is 5.92 Å². The number of aromatic nitrogens is 3. The lowest BCUT2D eigenvalue weighted by Gasteiger charge is -2.31. The summed E-state index contributed by atoms with van der Waals surface area (Å²) in [6, 6.07) is 0.311. The lowest BCUT2D eigenvalue weighted by molar-refractivity contribution is 0.0486. The van der Waals surface area contributed by atoms with Gasteiger partial charge in [-0.05, 0) is 32.6 Å². The molecule has 1 aliphatic carbocycles. The van der Waals surface area contributed by atoms with E-state index in [2.05, 4.69) is 25.6 Å². The molecule has 0 saturated heterocycles. The van der Waals surface area contributed by atoms with Gasteiger partial charge < -0.3 is 20.5 Å². The molecule has 0 unspecified atom stereocenters. The van der Waals surface area contributed by atoms with Crippen molar-refractivity contribution in [3.63, 3.8) is 0 Å². The summed E-state index contributed by atoms with van der Waals surface area (Å²) in [5, 5.41) is 15.3. The predicted octanol–water partition coefficient (Wildman–Crippen LogP) is 0.883. The fraction of sp³-hybridized carbons (Fsp3) is 0.750. The van der Waals surface area contributed by atoms with Crippen molar-refractivity contribution in [1.82, 2.24) is 15.0 Å². The number of aliphatic hydroxyl groups is 1.